The number of rotatable bonds is 1. The van der Waals surface area contributed by atoms with Crippen LogP contribution in [0.5, 0.6) is 0 Å². The van der Waals surface area contributed by atoms with Gasteiger partial charge in [-0.05, 0) is 33.1 Å². The summed E-state index contributed by atoms with van der Waals surface area (Å²) >= 11 is 0. The summed E-state index contributed by atoms with van der Waals surface area (Å²) in [4.78, 5) is 24.3. The van der Waals surface area contributed by atoms with E-state index in [-0.39, 0.29) is 12.5 Å². The van der Waals surface area contributed by atoms with Crippen LogP contribution in [0.3, 0.4) is 0 Å². The molecule has 1 N–H and O–H groups in total. The Morgan fingerprint density at radius 2 is 1.88 bits per heavy atom. The first-order chi connectivity index (χ1) is 7.69. The Balaban J connectivity index is 2.64. The Hall–Kier alpha value is -1.26. The zero-order chi connectivity index (χ0) is 13.2. The Labute approximate surface area is 102 Å². The van der Waals surface area contributed by atoms with Crippen molar-refractivity contribution in [3.05, 3.63) is 0 Å². The molecule has 17 heavy (non-hydrogen) atoms. The van der Waals surface area contributed by atoms with Gasteiger partial charge in [-0.25, -0.2) is 4.79 Å². The molecule has 1 saturated heterocycles. The van der Waals surface area contributed by atoms with Crippen molar-refractivity contribution in [2.45, 2.75) is 39.7 Å². The summed E-state index contributed by atoms with van der Waals surface area (Å²) in [6.45, 7) is 8.16. The number of hydrogen-bond acceptors (Lipinski definition) is 3. The third kappa shape index (κ3) is 4.24. The van der Waals surface area contributed by atoms with Gasteiger partial charge >= 0.3 is 12.1 Å². The van der Waals surface area contributed by atoms with Crippen molar-refractivity contribution in [2.75, 3.05) is 13.1 Å². The lowest BCUT2D eigenvalue weighted by Crippen LogP contribution is -2.47. The van der Waals surface area contributed by atoms with Gasteiger partial charge in [0.2, 0.25) is 0 Å². The van der Waals surface area contributed by atoms with Crippen molar-refractivity contribution in [3.63, 3.8) is 0 Å². The molecule has 98 valence electrons. The molecule has 0 aliphatic carbocycles. The summed E-state index contributed by atoms with van der Waals surface area (Å²) < 4.78 is 5.25. The summed E-state index contributed by atoms with van der Waals surface area (Å²) in [6.07, 6.45) is 0.199. The maximum absolute atomic E-state index is 11.8. The number of likely N-dealkylation sites (tertiary alicyclic amines) is 1. The zero-order valence-corrected chi connectivity index (χ0v) is 10.9. The van der Waals surface area contributed by atoms with Crippen LogP contribution in [0, 0.1) is 11.8 Å². The predicted octanol–water partition coefficient (Wildman–Crippen LogP) is 1.96. The monoisotopic (exact) mass is 243 g/mol. The average Bonchev–Trinajstić information content (AvgIpc) is 2.13. The lowest BCUT2D eigenvalue weighted by Gasteiger charge is -2.35. The summed E-state index contributed by atoms with van der Waals surface area (Å²) in [6, 6.07) is 0. The maximum atomic E-state index is 11.8. The Kier molecular flexibility index (Phi) is 4.01. The van der Waals surface area contributed by atoms with Crippen molar-refractivity contribution in [1.82, 2.24) is 4.90 Å². The van der Waals surface area contributed by atoms with Crippen molar-refractivity contribution >= 4 is 12.1 Å². The van der Waals surface area contributed by atoms with Gasteiger partial charge in [0.05, 0.1) is 5.92 Å². The number of hydrogen-bond donors (Lipinski definition) is 1. The van der Waals surface area contributed by atoms with Crippen LogP contribution in [-0.4, -0.2) is 40.8 Å². The fraction of sp³-hybridized carbons (Fsp3) is 0.833. The van der Waals surface area contributed by atoms with Gasteiger partial charge in [-0.15, -0.1) is 0 Å². The minimum Gasteiger partial charge on any atom is -0.481 e. The third-order valence-corrected chi connectivity index (χ3v) is 2.66. The molecule has 0 aromatic heterocycles. The number of carboxylic acids is 1. The molecular weight excluding hydrogens is 222 g/mol. The van der Waals surface area contributed by atoms with E-state index in [1.165, 1.54) is 4.90 Å². The molecule has 0 spiro atoms. The molecule has 1 heterocycles. The molecule has 1 aliphatic rings. The smallest absolute Gasteiger partial charge is 0.410 e. The predicted molar refractivity (Wildman–Crippen MR) is 62.7 cm³/mol. The Bertz CT molecular complexity index is 308. The first-order valence-corrected chi connectivity index (χ1v) is 5.90. The Morgan fingerprint density at radius 3 is 2.35 bits per heavy atom. The van der Waals surface area contributed by atoms with Crippen molar-refractivity contribution in [2.24, 2.45) is 11.8 Å². The summed E-state index contributed by atoms with van der Waals surface area (Å²) in [5.41, 5.74) is -0.545. The number of amides is 1. The van der Waals surface area contributed by atoms with E-state index in [4.69, 9.17) is 9.84 Å². The van der Waals surface area contributed by atoms with Crippen molar-refractivity contribution in [3.8, 4) is 0 Å². The van der Waals surface area contributed by atoms with Gasteiger partial charge in [0.1, 0.15) is 5.60 Å². The Morgan fingerprint density at radius 1 is 1.29 bits per heavy atom. The highest BCUT2D eigenvalue weighted by atomic mass is 16.6. The molecule has 2 atom stereocenters. The number of carbonyl (C=O) groups excluding carboxylic acids is 1. The van der Waals surface area contributed by atoms with Gasteiger partial charge in [-0.1, -0.05) is 6.92 Å². The molecular formula is C12H21NO4. The zero-order valence-electron chi connectivity index (χ0n) is 10.9. The topological polar surface area (TPSA) is 66.8 Å². The molecule has 0 aromatic carbocycles. The van der Waals surface area contributed by atoms with Gasteiger partial charge in [-0.2, -0.15) is 0 Å². The molecule has 5 heteroatoms. The summed E-state index contributed by atoms with van der Waals surface area (Å²) in [5.74, 6) is -1.13. The number of carbonyl (C=O) groups is 2. The number of aliphatic carboxylic acids is 1. The summed E-state index contributed by atoms with van der Waals surface area (Å²) in [7, 11) is 0. The fourth-order valence-corrected chi connectivity index (χ4v) is 2.01. The van der Waals surface area contributed by atoms with Gasteiger partial charge in [0.25, 0.3) is 0 Å². The molecule has 1 fully saturated rings. The highest BCUT2D eigenvalue weighted by Gasteiger charge is 2.33. The normalized spacial score (nSPS) is 25.5. The lowest BCUT2D eigenvalue weighted by molar-refractivity contribution is -0.144. The molecule has 0 unspecified atom stereocenters. The highest BCUT2D eigenvalue weighted by Crippen LogP contribution is 2.23. The van der Waals surface area contributed by atoms with Crippen LogP contribution in [0.4, 0.5) is 4.79 Å². The second-order valence-corrected chi connectivity index (χ2v) is 5.76. The second kappa shape index (κ2) is 4.94. The van der Waals surface area contributed by atoms with E-state index in [2.05, 4.69) is 0 Å². The van der Waals surface area contributed by atoms with Gasteiger partial charge in [0, 0.05) is 13.1 Å². The molecule has 5 nitrogen and oxygen atoms in total. The standard InChI is InChI=1S/C12H21NO4/c1-8-5-9(10(14)15)7-13(6-8)11(16)17-12(2,3)4/h8-9H,5-7H2,1-4H3,(H,14,15)/t8-,9-/m1/s1. The molecule has 1 amide bonds. The number of ether oxygens (including phenoxy) is 1. The van der Waals surface area contributed by atoms with Gasteiger partial charge < -0.3 is 14.7 Å². The van der Waals surface area contributed by atoms with Crippen molar-refractivity contribution in [1.29, 1.82) is 0 Å². The number of carboxylic acid groups (broad SMARTS) is 1. The fourth-order valence-electron chi connectivity index (χ4n) is 2.01. The second-order valence-electron chi connectivity index (χ2n) is 5.76. The molecule has 0 aromatic rings. The number of nitrogens with zero attached hydrogens (tertiary/aromatic N) is 1. The SMILES string of the molecule is C[C@@H]1C[C@@H](C(=O)O)CN(C(=O)OC(C)(C)C)C1. The van der Waals surface area contributed by atoms with Crippen LogP contribution in [0.1, 0.15) is 34.1 Å². The first-order valence-electron chi connectivity index (χ1n) is 5.90. The van der Waals surface area contributed by atoms with Crippen LogP contribution < -0.4 is 0 Å². The highest BCUT2D eigenvalue weighted by molar-refractivity contribution is 5.73. The quantitative estimate of drug-likeness (QED) is 0.764. The van der Waals surface area contributed by atoms with Crippen LogP contribution in [0.15, 0.2) is 0 Å². The molecule has 0 saturated carbocycles. The van der Waals surface area contributed by atoms with E-state index in [1.807, 2.05) is 6.92 Å². The molecule has 0 radical (unpaired) electrons. The van der Waals surface area contributed by atoms with Gasteiger partial charge in [-0.3, -0.25) is 4.79 Å². The van der Waals surface area contributed by atoms with E-state index in [0.29, 0.717) is 13.0 Å². The van der Waals surface area contributed by atoms with Crippen LogP contribution in [-0.2, 0) is 9.53 Å². The van der Waals surface area contributed by atoms with E-state index < -0.39 is 23.6 Å². The molecule has 1 rings (SSSR count). The van der Waals surface area contributed by atoms with E-state index >= 15 is 0 Å². The number of piperidine rings is 1. The van der Waals surface area contributed by atoms with Crippen LogP contribution in [0.25, 0.3) is 0 Å². The summed E-state index contributed by atoms with van der Waals surface area (Å²) in [5, 5.41) is 9.01. The van der Waals surface area contributed by atoms with E-state index in [1.54, 1.807) is 20.8 Å². The minimum absolute atomic E-state index is 0.192. The minimum atomic E-state index is -0.842. The third-order valence-electron chi connectivity index (χ3n) is 2.66. The van der Waals surface area contributed by atoms with Crippen LogP contribution >= 0.6 is 0 Å². The first kappa shape index (κ1) is 13.8. The maximum Gasteiger partial charge on any atom is 0.410 e. The largest absolute Gasteiger partial charge is 0.481 e. The molecule has 1 aliphatic heterocycles. The van der Waals surface area contributed by atoms with Crippen LogP contribution in [0.2, 0.25) is 0 Å². The molecule has 0 bridgehead atoms. The lowest BCUT2D eigenvalue weighted by atomic mass is 9.91. The van der Waals surface area contributed by atoms with E-state index in [0.717, 1.165) is 0 Å². The van der Waals surface area contributed by atoms with Crippen molar-refractivity contribution < 1.29 is 19.4 Å². The average molecular weight is 243 g/mol. The van der Waals surface area contributed by atoms with E-state index in [9.17, 15) is 9.59 Å². The van der Waals surface area contributed by atoms with Gasteiger partial charge in [0.15, 0.2) is 0 Å².